The first-order valence-electron chi connectivity index (χ1n) is 4.58. The first-order valence-corrected chi connectivity index (χ1v) is 6.85. The Morgan fingerprint density at radius 3 is 2.76 bits per heavy atom. The molecule has 0 unspecified atom stereocenters. The molecule has 1 heterocycles. The fraction of sp³-hybridized carbons (Fsp3) is 0.111. The number of aromatic nitrogens is 3. The maximum absolute atomic E-state index is 11.2. The van der Waals surface area contributed by atoms with Gasteiger partial charge in [0, 0.05) is 5.02 Å². The van der Waals surface area contributed by atoms with Gasteiger partial charge >= 0.3 is 0 Å². The van der Waals surface area contributed by atoms with E-state index in [1.807, 2.05) is 0 Å². The summed E-state index contributed by atoms with van der Waals surface area (Å²) in [5.41, 5.74) is 0.905. The summed E-state index contributed by atoms with van der Waals surface area (Å²) in [4.78, 5) is 3.80. The summed E-state index contributed by atoms with van der Waals surface area (Å²) in [7, 11) is -3.38. The maximum atomic E-state index is 11.2. The lowest BCUT2D eigenvalue weighted by molar-refractivity contribution is 0.606. The first kappa shape index (κ1) is 11.9. The first-order chi connectivity index (χ1) is 7.96. The number of benzene rings is 1. The van der Waals surface area contributed by atoms with E-state index in [9.17, 15) is 8.42 Å². The number of anilines is 1. The highest BCUT2D eigenvalue weighted by atomic mass is 35.5. The molecule has 17 heavy (non-hydrogen) atoms. The third kappa shape index (κ3) is 2.95. The zero-order valence-electron chi connectivity index (χ0n) is 8.83. The van der Waals surface area contributed by atoms with Crippen LogP contribution in [0.25, 0.3) is 5.69 Å². The number of halogens is 1. The van der Waals surface area contributed by atoms with Crippen molar-refractivity contribution in [1.82, 2.24) is 14.8 Å². The van der Waals surface area contributed by atoms with Gasteiger partial charge in [0.15, 0.2) is 0 Å². The van der Waals surface area contributed by atoms with Crippen LogP contribution in [0.2, 0.25) is 5.02 Å². The molecule has 0 saturated heterocycles. The van der Waals surface area contributed by atoms with Crippen LogP contribution >= 0.6 is 11.6 Å². The molecule has 0 aliphatic heterocycles. The van der Waals surface area contributed by atoms with Crippen molar-refractivity contribution >= 4 is 27.3 Å². The van der Waals surface area contributed by atoms with Gasteiger partial charge in [-0.1, -0.05) is 11.6 Å². The lowest BCUT2D eigenvalue weighted by Crippen LogP contribution is -2.12. The average Bonchev–Trinajstić information content (AvgIpc) is 2.68. The van der Waals surface area contributed by atoms with Crippen LogP contribution in [0.15, 0.2) is 30.9 Å². The van der Waals surface area contributed by atoms with Crippen LogP contribution in [0.3, 0.4) is 0 Å². The van der Waals surface area contributed by atoms with Gasteiger partial charge in [0.05, 0.1) is 17.6 Å². The van der Waals surface area contributed by atoms with Crippen LogP contribution in [-0.2, 0) is 10.0 Å². The second kappa shape index (κ2) is 4.34. The van der Waals surface area contributed by atoms with Crippen molar-refractivity contribution in [3.63, 3.8) is 0 Å². The average molecular weight is 273 g/mol. The van der Waals surface area contributed by atoms with Crippen molar-refractivity contribution in [3.05, 3.63) is 35.9 Å². The summed E-state index contributed by atoms with van der Waals surface area (Å²) < 4.78 is 26.3. The Morgan fingerprint density at radius 1 is 1.41 bits per heavy atom. The SMILES string of the molecule is CS(=O)(=O)Nc1cc(Cl)ccc1-n1cncn1. The molecule has 1 N–H and O–H groups in total. The molecule has 0 aliphatic carbocycles. The largest absolute Gasteiger partial charge is 0.282 e. The third-order valence-electron chi connectivity index (χ3n) is 1.92. The fourth-order valence-corrected chi connectivity index (χ4v) is 2.06. The van der Waals surface area contributed by atoms with Crippen LogP contribution in [0.1, 0.15) is 0 Å². The number of sulfonamides is 1. The van der Waals surface area contributed by atoms with Crippen molar-refractivity contribution in [2.45, 2.75) is 0 Å². The van der Waals surface area contributed by atoms with E-state index in [-0.39, 0.29) is 0 Å². The molecule has 0 atom stereocenters. The van der Waals surface area contributed by atoms with E-state index in [4.69, 9.17) is 11.6 Å². The van der Waals surface area contributed by atoms with Gasteiger partial charge < -0.3 is 0 Å². The molecule has 1 aromatic carbocycles. The van der Waals surface area contributed by atoms with E-state index in [1.165, 1.54) is 23.4 Å². The van der Waals surface area contributed by atoms with E-state index in [2.05, 4.69) is 14.8 Å². The van der Waals surface area contributed by atoms with E-state index in [0.717, 1.165) is 6.26 Å². The zero-order valence-corrected chi connectivity index (χ0v) is 10.4. The van der Waals surface area contributed by atoms with Gasteiger partial charge in [-0.3, -0.25) is 4.72 Å². The molecule has 90 valence electrons. The predicted molar refractivity (Wildman–Crippen MR) is 64.8 cm³/mol. The fourth-order valence-electron chi connectivity index (χ4n) is 1.32. The molecule has 0 bridgehead atoms. The smallest absolute Gasteiger partial charge is 0.229 e. The minimum absolute atomic E-state index is 0.352. The monoisotopic (exact) mass is 272 g/mol. The predicted octanol–water partition coefficient (Wildman–Crippen LogP) is 1.29. The second-order valence-corrected chi connectivity index (χ2v) is 5.56. The van der Waals surface area contributed by atoms with Gasteiger partial charge in [0.25, 0.3) is 0 Å². The van der Waals surface area contributed by atoms with E-state index >= 15 is 0 Å². The molecule has 2 aromatic rings. The van der Waals surface area contributed by atoms with E-state index < -0.39 is 10.0 Å². The van der Waals surface area contributed by atoms with Crippen LogP contribution in [0.5, 0.6) is 0 Å². The summed E-state index contributed by atoms with van der Waals surface area (Å²) in [5.74, 6) is 0. The Labute approximate surface area is 103 Å². The molecular weight excluding hydrogens is 264 g/mol. The summed E-state index contributed by atoms with van der Waals surface area (Å²) in [6, 6.07) is 4.82. The van der Waals surface area contributed by atoms with Gasteiger partial charge in [-0.05, 0) is 18.2 Å². The lowest BCUT2D eigenvalue weighted by atomic mass is 10.3. The number of rotatable bonds is 3. The molecule has 1 aromatic heterocycles. The van der Waals surface area contributed by atoms with E-state index in [1.54, 1.807) is 12.1 Å². The Bertz CT molecular complexity index is 624. The molecule has 0 aliphatic rings. The number of hydrogen-bond acceptors (Lipinski definition) is 4. The van der Waals surface area contributed by atoms with Gasteiger partial charge in [0.1, 0.15) is 12.7 Å². The normalized spacial score (nSPS) is 11.4. The van der Waals surface area contributed by atoms with Crippen LogP contribution in [0.4, 0.5) is 5.69 Å². The molecule has 2 rings (SSSR count). The standard InChI is InChI=1S/C9H9ClN4O2S/c1-17(15,16)13-8-4-7(10)2-3-9(8)14-6-11-5-12-14/h2-6,13H,1H3. The molecule has 0 radical (unpaired) electrons. The van der Waals surface area contributed by atoms with Gasteiger partial charge in [0.2, 0.25) is 10.0 Å². The Kier molecular flexibility index (Phi) is 3.03. The summed E-state index contributed by atoms with van der Waals surface area (Å²) in [5, 5.41) is 4.37. The molecule has 0 fully saturated rings. The summed E-state index contributed by atoms with van der Waals surface area (Å²) in [6.07, 6.45) is 3.90. The highest BCUT2D eigenvalue weighted by Crippen LogP contribution is 2.24. The molecule has 0 saturated carbocycles. The van der Waals surface area contributed by atoms with Crippen LogP contribution < -0.4 is 4.72 Å². The van der Waals surface area contributed by atoms with Gasteiger partial charge in [-0.25, -0.2) is 18.1 Å². The summed E-state index contributed by atoms with van der Waals surface area (Å²) >= 11 is 5.83. The minimum atomic E-state index is -3.38. The van der Waals surface area contributed by atoms with Crippen molar-refractivity contribution < 1.29 is 8.42 Å². The molecule has 6 nitrogen and oxygen atoms in total. The third-order valence-corrected chi connectivity index (χ3v) is 2.75. The minimum Gasteiger partial charge on any atom is -0.282 e. The Hall–Kier alpha value is -1.60. The van der Waals surface area contributed by atoms with Crippen molar-refractivity contribution in [1.29, 1.82) is 0 Å². The van der Waals surface area contributed by atoms with Gasteiger partial charge in [-0.2, -0.15) is 5.10 Å². The van der Waals surface area contributed by atoms with Crippen molar-refractivity contribution in [2.75, 3.05) is 11.0 Å². The van der Waals surface area contributed by atoms with E-state index in [0.29, 0.717) is 16.4 Å². The maximum Gasteiger partial charge on any atom is 0.229 e. The highest BCUT2D eigenvalue weighted by molar-refractivity contribution is 7.92. The molecular formula is C9H9ClN4O2S. The molecule has 0 amide bonds. The van der Waals surface area contributed by atoms with Crippen LogP contribution in [0, 0.1) is 0 Å². The summed E-state index contributed by atoms with van der Waals surface area (Å²) in [6.45, 7) is 0. The number of hydrogen-bond donors (Lipinski definition) is 1. The van der Waals surface area contributed by atoms with Crippen molar-refractivity contribution in [3.8, 4) is 5.69 Å². The zero-order chi connectivity index (χ0) is 12.5. The quantitative estimate of drug-likeness (QED) is 0.913. The molecule has 8 heteroatoms. The Balaban J connectivity index is 2.52. The van der Waals surface area contributed by atoms with Gasteiger partial charge in [-0.15, -0.1) is 0 Å². The molecule has 0 spiro atoms. The number of nitrogens with zero attached hydrogens (tertiary/aromatic N) is 3. The second-order valence-electron chi connectivity index (χ2n) is 3.38. The lowest BCUT2D eigenvalue weighted by Gasteiger charge is -2.10. The topological polar surface area (TPSA) is 76.9 Å². The Morgan fingerprint density at radius 2 is 2.18 bits per heavy atom. The highest BCUT2D eigenvalue weighted by Gasteiger charge is 2.10. The van der Waals surface area contributed by atoms with Crippen LogP contribution in [-0.4, -0.2) is 29.4 Å². The number of nitrogens with one attached hydrogen (secondary N) is 1. The van der Waals surface area contributed by atoms with Crippen molar-refractivity contribution in [2.24, 2.45) is 0 Å².